The zero-order valence-corrected chi connectivity index (χ0v) is 7.80. The fourth-order valence-corrected chi connectivity index (χ4v) is 2.70. The Morgan fingerprint density at radius 1 is 1.64 bits per heavy atom. The standard InChI is InChI=1S/C8H8ClNS/c1-5-4-6(9)8-7(10-5)2-3-11-8/h4H,2-3H2,1H3. The summed E-state index contributed by atoms with van der Waals surface area (Å²) in [7, 11) is 0. The molecule has 0 saturated heterocycles. The summed E-state index contributed by atoms with van der Waals surface area (Å²) in [6.45, 7) is 1.98. The highest BCUT2D eigenvalue weighted by molar-refractivity contribution is 7.99. The summed E-state index contributed by atoms with van der Waals surface area (Å²) >= 11 is 7.82. The molecule has 1 aromatic heterocycles. The van der Waals surface area contributed by atoms with Crippen molar-refractivity contribution >= 4 is 23.4 Å². The number of halogens is 1. The van der Waals surface area contributed by atoms with Gasteiger partial charge in [-0.3, -0.25) is 4.98 Å². The molecule has 0 amide bonds. The number of nitrogens with zero attached hydrogens (tertiary/aromatic N) is 1. The fourth-order valence-electron chi connectivity index (χ4n) is 1.25. The number of pyridine rings is 1. The van der Waals surface area contributed by atoms with Crippen LogP contribution < -0.4 is 0 Å². The summed E-state index contributed by atoms with van der Waals surface area (Å²) in [6, 6.07) is 1.93. The smallest absolute Gasteiger partial charge is 0.0578 e. The Balaban J connectivity index is 2.60. The van der Waals surface area contributed by atoms with Crippen LogP contribution in [0.4, 0.5) is 0 Å². The second-order valence-corrected chi connectivity index (χ2v) is 4.13. The van der Waals surface area contributed by atoms with E-state index in [2.05, 4.69) is 4.98 Å². The Labute approximate surface area is 75.2 Å². The van der Waals surface area contributed by atoms with Gasteiger partial charge in [0, 0.05) is 22.8 Å². The lowest BCUT2D eigenvalue weighted by atomic mass is 10.3. The molecule has 0 unspecified atom stereocenters. The number of thioether (sulfide) groups is 1. The quantitative estimate of drug-likeness (QED) is 0.617. The van der Waals surface area contributed by atoms with Gasteiger partial charge in [-0.1, -0.05) is 11.6 Å². The third-order valence-electron chi connectivity index (χ3n) is 1.71. The molecule has 0 radical (unpaired) electrons. The molecule has 0 aromatic carbocycles. The molecule has 3 heteroatoms. The molecule has 58 valence electrons. The van der Waals surface area contributed by atoms with Gasteiger partial charge in [-0.15, -0.1) is 11.8 Å². The maximum absolute atomic E-state index is 6.01. The molecule has 0 fully saturated rings. The third kappa shape index (κ3) is 1.25. The number of hydrogen-bond donors (Lipinski definition) is 0. The van der Waals surface area contributed by atoms with Crippen molar-refractivity contribution in [1.82, 2.24) is 4.98 Å². The van der Waals surface area contributed by atoms with Crippen molar-refractivity contribution in [3.8, 4) is 0 Å². The first-order valence-corrected chi connectivity index (χ1v) is 4.92. The van der Waals surface area contributed by atoms with E-state index in [1.165, 1.54) is 10.6 Å². The predicted molar refractivity (Wildman–Crippen MR) is 48.4 cm³/mol. The number of fused-ring (bicyclic) bond motifs is 1. The molecule has 0 saturated carbocycles. The molecule has 1 aliphatic rings. The Morgan fingerprint density at radius 2 is 2.45 bits per heavy atom. The van der Waals surface area contributed by atoms with Gasteiger partial charge in [-0.2, -0.15) is 0 Å². The van der Waals surface area contributed by atoms with Crippen LogP contribution in [0.1, 0.15) is 11.4 Å². The summed E-state index contributed by atoms with van der Waals surface area (Å²) in [5.41, 5.74) is 2.20. The molecule has 2 heterocycles. The predicted octanol–water partition coefficient (Wildman–Crippen LogP) is 2.69. The van der Waals surface area contributed by atoms with Crippen LogP contribution in [0.3, 0.4) is 0 Å². The Hall–Kier alpha value is -0.210. The Morgan fingerprint density at radius 3 is 3.27 bits per heavy atom. The maximum Gasteiger partial charge on any atom is 0.0578 e. The molecule has 1 nitrogen and oxygen atoms in total. The number of aryl methyl sites for hydroxylation is 2. The van der Waals surface area contributed by atoms with Crippen molar-refractivity contribution < 1.29 is 0 Å². The van der Waals surface area contributed by atoms with E-state index in [-0.39, 0.29) is 0 Å². The highest BCUT2D eigenvalue weighted by atomic mass is 35.5. The zero-order chi connectivity index (χ0) is 7.84. The minimum absolute atomic E-state index is 0.870. The lowest BCUT2D eigenvalue weighted by molar-refractivity contribution is 0.993. The third-order valence-corrected chi connectivity index (χ3v) is 3.27. The van der Waals surface area contributed by atoms with E-state index >= 15 is 0 Å². The van der Waals surface area contributed by atoms with Crippen molar-refractivity contribution in [3.63, 3.8) is 0 Å². The van der Waals surface area contributed by atoms with Crippen LogP contribution in [0, 0.1) is 6.92 Å². The van der Waals surface area contributed by atoms with Crippen LogP contribution in [0.25, 0.3) is 0 Å². The summed E-state index contributed by atoms with van der Waals surface area (Å²) in [5.74, 6) is 1.13. The lowest BCUT2D eigenvalue weighted by Gasteiger charge is -2.00. The van der Waals surface area contributed by atoms with Gasteiger partial charge in [-0.25, -0.2) is 0 Å². The maximum atomic E-state index is 6.01. The molecule has 1 aromatic rings. The van der Waals surface area contributed by atoms with Gasteiger partial charge in [0.2, 0.25) is 0 Å². The van der Waals surface area contributed by atoms with Gasteiger partial charge in [0.25, 0.3) is 0 Å². The SMILES string of the molecule is Cc1cc(Cl)c2c(n1)CCS2. The summed E-state index contributed by atoms with van der Waals surface area (Å²) in [5, 5.41) is 0.870. The molecular formula is C8H8ClNS. The first-order chi connectivity index (χ1) is 5.27. The van der Waals surface area contributed by atoms with Crippen molar-refractivity contribution in [3.05, 3.63) is 22.5 Å². The van der Waals surface area contributed by atoms with Crippen molar-refractivity contribution in [2.45, 2.75) is 18.2 Å². The van der Waals surface area contributed by atoms with E-state index < -0.39 is 0 Å². The molecule has 0 bridgehead atoms. The molecule has 0 spiro atoms. The van der Waals surface area contributed by atoms with Gasteiger partial charge in [0.15, 0.2) is 0 Å². The van der Waals surface area contributed by atoms with Crippen LogP contribution in [0.5, 0.6) is 0 Å². The van der Waals surface area contributed by atoms with Crippen LogP contribution in [-0.4, -0.2) is 10.7 Å². The van der Waals surface area contributed by atoms with Gasteiger partial charge in [0.05, 0.1) is 10.7 Å². The van der Waals surface area contributed by atoms with Crippen molar-refractivity contribution in [2.75, 3.05) is 5.75 Å². The molecule has 1 aliphatic heterocycles. The molecule has 0 N–H and O–H groups in total. The lowest BCUT2D eigenvalue weighted by Crippen LogP contribution is -1.90. The van der Waals surface area contributed by atoms with Gasteiger partial charge in [-0.05, 0) is 13.0 Å². The average Bonchev–Trinajstić information content (AvgIpc) is 2.34. The first-order valence-electron chi connectivity index (χ1n) is 3.56. The van der Waals surface area contributed by atoms with Crippen molar-refractivity contribution in [2.24, 2.45) is 0 Å². The Kier molecular flexibility index (Phi) is 1.81. The van der Waals surface area contributed by atoms with E-state index in [0.29, 0.717) is 0 Å². The monoisotopic (exact) mass is 185 g/mol. The largest absolute Gasteiger partial charge is 0.257 e. The van der Waals surface area contributed by atoms with E-state index in [1.807, 2.05) is 24.8 Å². The van der Waals surface area contributed by atoms with Crippen LogP contribution in [0.2, 0.25) is 5.02 Å². The molecule has 11 heavy (non-hydrogen) atoms. The summed E-state index contributed by atoms with van der Waals surface area (Å²) in [6.07, 6.45) is 1.07. The average molecular weight is 186 g/mol. The number of hydrogen-bond acceptors (Lipinski definition) is 2. The topological polar surface area (TPSA) is 12.9 Å². The molecular weight excluding hydrogens is 178 g/mol. The second-order valence-electron chi connectivity index (χ2n) is 2.62. The Bertz CT molecular complexity index is 298. The van der Waals surface area contributed by atoms with Gasteiger partial charge < -0.3 is 0 Å². The first kappa shape index (κ1) is 7.44. The summed E-state index contributed by atoms with van der Waals surface area (Å²) < 4.78 is 0. The molecule has 0 aliphatic carbocycles. The highest BCUT2D eigenvalue weighted by Crippen LogP contribution is 2.35. The second kappa shape index (κ2) is 2.68. The minimum Gasteiger partial charge on any atom is -0.257 e. The highest BCUT2D eigenvalue weighted by Gasteiger charge is 2.16. The number of rotatable bonds is 0. The van der Waals surface area contributed by atoms with Gasteiger partial charge in [0.1, 0.15) is 0 Å². The van der Waals surface area contributed by atoms with Crippen LogP contribution in [0.15, 0.2) is 11.0 Å². The normalized spacial score (nSPS) is 15.1. The van der Waals surface area contributed by atoms with E-state index in [0.717, 1.165) is 22.9 Å². The van der Waals surface area contributed by atoms with E-state index in [9.17, 15) is 0 Å². The van der Waals surface area contributed by atoms with Crippen molar-refractivity contribution in [1.29, 1.82) is 0 Å². The van der Waals surface area contributed by atoms with Crippen LogP contribution >= 0.6 is 23.4 Å². The minimum atomic E-state index is 0.870. The van der Waals surface area contributed by atoms with Gasteiger partial charge >= 0.3 is 0 Å². The zero-order valence-electron chi connectivity index (χ0n) is 6.22. The molecule has 2 rings (SSSR count). The fraction of sp³-hybridized carbons (Fsp3) is 0.375. The van der Waals surface area contributed by atoms with E-state index in [4.69, 9.17) is 11.6 Å². The van der Waals surface area contributed by atoms with Crippen LogP contribution in [-0.2, 0) is 6.42 Å². The van der Waals surface area contributed by atoms with E-state index in [1.54, 1.807) is 0 Å². The number of aromatic nitrogens is 1. The summed E-state index contributed by atoms with van der Waals surface area (Å²) in [4.78, 5) is 5.60. The molecule has 0 atom stereocenters.